The van der Waals surface area contributed by atoms with Gasteiger partial charge in [0.25, 0.3) is 0 Å². The van der Waals surface area contributed by atoms with Crippen molar-refractivity contribution in [1.82, 2.24) is 4.90 Å². The van der Waals surface area contributed by atoms with E-state index in [4.69, 9.17) is 10.5 Å². The Labute approximate surface area is 103 Å². The molecule has 1 heterocycles. The standard InChI is InChI=1S/C13H24N2O2/c1-10-6-11(14)9-15(8-10)12(16)7-13(17-2)4-3-5-13/h10-11H,3-9,14H2,1-2H3. The fraction of sp³-hybridized carbons (Fsp3) is 0.923. The molecule has 0 aromatic rings. The molecular weight excluding hydrogens is 216 g/mol. The van der Waals surface area contributed by atoms with Gasteiger partial charge in [0.1, 0.15) is 0 Å². The number of rotatable bonds is 3. The summed E-state index contributed by atoms with van der Waals surface area (Å²) in [6.45, 7) is 3.73. The van der Waals surface area contributed by atoms with Gasteiger partial charge in [-0.3, -0.25) is 4.79 Å². The van der Waals surface area contributed by atoms with Gasteiger partial charge in [-0.15, -0.1) is 0 Å². The molecule has 1 saturated carbocycles. The highest BCUT2D eigenvalue weighted by molar-refractivity contribution is 5.77. The maximum atomic E-state index is 12.2. The van der Waals surface area contributed by atoms with Gasteiger partial charge < -0.3 is 15.4 Å². The first-order valence-corrected chi connectivity index (χ1v) is 6.63. The zero-order chi connectivity index (χ0) is 12.5. The van der Waals surface area contributed by atoms with Gasteiger partial charge in [0, 0.05) is 26.2 Å². The molecule has 1 aliphatic heterocycles. The summed E-state index contributed by atoms with van der Waals surface area (Å²) in [5, 5.41) is 0. The molecule has 2 aliphatic rings. The highest BCUT2D eigenvalue weighted by Gasteiger charge is 2.40. The lowest BCUT2D eigenvalue weighted by atomic mass is 9.77. The van der Waals surface area contributed by atoms with Crippen molar-refractivity contribution in [1.29, 1.82) is 0 Å². The molecule has 1 amide bonds. The van der Waals surface area contributed by atoms with E-state index < -0.39 is 0 Å². The number of methoxy groups -OCH3 is 1. The summed E-state index contributed by atoms with van der Waals surface area (Å²) in [5.74, 6) is 0.733. The summed E-state index contributed by atoms with van der Waals surface area (Å²) >= 11 is 0. The van der Waals surface area contributed by atoms with E-state index in [0.29, 0.717) is 18.9 Å². The van der Waals surface area contributed by atoms with Crippen LogP contribution in [0.3, 0.4) is 0 Å². The molecule has 1 aliphatic carbocycles. The Bertz CT molecular complexity index is 274. The quantitative estimate of drug-likeness (QED) is 0.805. The average Bonchev–Trinajstić information content (AvgIpc) is 2.21. The monoisotopic (exact) mass is 240 g/mol. The van der Waals surface area contributed by atoms with Crippen LogP contribution in [0.25, 0.3) is 0 Å². The number of hydrogen-bond acceptors (Lipinski definition) is 3. The van der Waals surface area contributed by atoms with Gasteiger partial charge in [0.15, 0.2) is 0 Å². The van der Waals surface area contributed by atoms with Crippen LogP contribution in [-0.4, -0.2) is 42.6 Å². The Balaban J connectivity index is 1.91. The van der Waals surface area contributed by atoms with Crippen LogP contribution in [0.1, 0.15) is 39.0 Å². The number of likely N-dealkylation sites (tertiary alicyclic amines) is 1. The molecule has 0 bridgehead atoms. The third kappa shape index (κ3) is 2.80. The van der Waals surface area contributed by atoms with E-state index in [-0.39, 0.29) is 17.6 Å². The van der Waals surface area contributed by atoms with Crippen LogP contribution < -0.4 is 5.73 Å². The molecule has 1 saturated heterocycles. The van der Waals surface area contributed by atoms with Gasteiger partial charge in [-0.1, -0.05) is 6.92 Å². The first-order chi connectivity index (χ1) is 8.04. The average molecular weight is 240 g/mol. The Morgan fingerprint density at radius 2 is 2.18 bits per heavy atom. The van der Waals surface area contributed by atoms with E-state index in [1.54, 1.807) is 7.11 Å². The summed E-state index contributed by atoms with van der Waals surface area (Å²) in [4.78, 5) is 14.2. The summed E-state index contributed by atoms with van der Waals surface area (Å²) in [7, 11) is 1.72. The van der Waals surface area contributed by atoms with Crippen molar-refractivity contribution in [2.75, 3.05) is 20.2 Å². The third-order valence-corrected chi connectivity index (χ3v) is 4.22. The number of piperidine rings is 1. The molecule has 2 fully saturated rings. The second kappa shape index (κ2) is 4.94. The Kier molecular flexibility index (Phi) is 3.73. The molecule has 4 heteroatoms. The molecule has 17 heavy (non-hydrogen) atoms. The minimum absolute atomic E-state index is 0.141. The van der Waals surface area contributed by atoms with Crippen LogP contribution in [0, 0.1) is 5.92 Å². The molecule has 2 N–H and O–H groups in total. The van der Waals surface area contributed by atoms with Gasteiger partial charge in [-0.25, -0.2) is 0 Å². The van der Waals surface area contributed by atoms with E-state index in [0.717, 1.165) is 25.8 Å². The van der Waals surface area contributed by atoms with E-state index in [9.17, 15) is 4.79 Å². The SMILES string of the molecule is COC1(CC(=O)N2CC(C)CC(N)C2)CCC1. The van der Waals surface area contributed by atoms with Crippen molar-refractivity contribution >= 4 is 5.91 Å². The predicted octanol–water partition coefficient (Wildman–Crippen LogP) is 1.14. The topological polar surface area (TPSA) is 55.6 Å². The maximum Gasteiger partial charge on any atom is 0.225 e. The van der Waals surface area contributed by atoms with Crippen LogP contribution in [0.2, 0.25) is 0 Å². The number of carbonyl (C=O) groups excluding carboxylic acids is 1. The molecule has 2 atom stereocenters. The van der Waals surface area contributed by atoms with Gasteiger partial charge in [-0.2, -0.15) is 0 Å². The number of nitrogens with zero attached hydrogens (tertiary/aromatic N) is 1. The molecule has 0 aromatic carbocycles. The van der Waals surface area contributed by atoms with Crippen molar-refractivity contribution in [3.05, 3.63) is 0 Å². The largest absolute Gasteiger partial charge is 0.378 e. The number of carbonyl (C=O) groups is 1. The minimum atomic E-state index is -0.165. The van der Waals surface area contributed by atoms with Crippen LogP contribution in [-0.2, 0) is 9.53 Å². The molecule has 2 rings (SSSR count). The second-order valence-corrected chi connectivity index (χ2v) is 5.82. The van der Waals surface area contributed by atoms with Crippen LogP contribution >= 0.6 is 0 Å². The lowest BCUT2D eigenvalue weighted by Gasteiger charge is -2.42. The fourth-order valence-corrected chi connectivity index (χ4v) is 3.01. The first-order valence-electron chi connectivity index (χ1n) is 6.63. The Morgan fingerprint density at radius 3 is 2.65 bits per heavy atom. The Morgan fingerprint density at radius 1 is 1.47 bits per heavy atom. The minimum Gasteiger partial charge on any atom is -0.378 e. The van der Waals surface area contributed by atoms with E-state index >= 15 is 0 Å². The maximum absolute atomic E-state index is 12.2. The molecular formula is C13H24N2O2. The van der Waals surface area contributed by atoms with Crippen molar-refractivity contribution in [3.63, 3.8) is 0 Å². The second-order valence-electron chi connectivity index (χ2n) is 5.82. The first kappa shape index (κ1) is 12.8. The number of amides is 1. The van der Waals surface area contributed by atoms with Crippen molar-refractivity contribution in [2.24, 2.45) is 11.7 Å². The molecule has 0 aromatic heterocycles. The van der Waals surface area contributed by atoms with Crippen molar-refractivity contribution in [2.45, 2.75) is 50.7 Å². The highest BCUT2D eigenvalue weighted by Crippen LogP contribution is 2.38. The van der Waals surface area contributed by atoms with E-state index in [2.05, 4.69) is 6.92 Å². The van der Waals surface area contributed by atoms with E-state index in [1.807, 2.05) is 4.90 Å². The zero-order valence-corrected chi connectivity index (χ0v) is 10.9. The number of hydrogen-bond donors (Lipinski definition) is 1. The predicted molar refractivity (Wildman–Crippen MR) is 66.5 cm³/mol. The lowest BCUT2D eigenvalue weighted by molar-refractivity contribution is -0.146. The number of ether oxygens (including phenoxy) is 1. The number of nitrogens with two attached hydrogens (primary N) is 1. The molecule has 4 nitrogen and oxygen atoms in total. The van der Waals surface area contributed by atoms with Gasteiger partial charge in [0.2, 0.25) is 5.91 Å². The lowest BCUT2D eigenvalue weighted by Crippen LogP contribution is -2.52. The van der Waals surface area contributed by atoms with E-state index in [1.165, 1.54) is 6.42 Å². The summed E-state index contributed by atoms with van der Waals surface area (Å²) in [5.41, 5.74) is 5.81. The van der Waals surface area contributed by atoms with Gasteiger partial charge >= 0.3 is 0 Å². The fourth-order valence-electron chi connectivity index (χ4n) is 3.01. The molecule has 0 radical (unpaired) electrons. The smallest absolute Gasteiger partial charge is 0.225 e. The summed E-state index contributed by atoms with van der Waals surface area (Å²) in [6, 6.07) is 0.141. The van der Waals surface area contributed by atoms with Crippen molar-refractivity contribution in [3.8, 4) is 0 Å². The van der Waals surface area contributed by atoms with Crippen LogP contribution in [0.5, 0.6) is 0 Å². The zero-order valence-electron chi connectivity index (χ0n) is 10.9. The van der Waals surface area contributed by atoms with Gasteiger partial charge in [-0.05, 0) is 31.6 Å². The molecule has 2 unspecified atom stereocenters. The van der Waals surface area contributed by atoms with Crippen molar-refractivity contribution < 1.29 is 9.53 Å². The highest BCUT2D eigenvalue weighted by atomic mass is 16.5. The Hall–Kier alpha value is -0.610. The summed E-state index contributed by atoms with van der Waals surface area (Å²) in [6.07, 6.45) is 4.77. The molecule has 0 spiro atoms. The van der Waals surface area contributed by atoms with Crippen LogP contribution in [0.4, 0.5) is 0 Å². The van der Waals surface area contributed by atoms with Crippen LogP contribution in [0.15, 0.2) is 0 Å². The third-order valence-electron chi connectivity index (χ3n) is 4.22. The summed E-state index contributed by atoms with van der Waals surface area (Å²) < 4.78 is 5.51. The van der Waals surface area contributed by atoms with Gasteiger partial charge in [0.05, 0.1) is 12.0 Å². The molecule has 98 valence electrons. The normalized spacial score (nSPS) is 32.1.